The van der Waals surface area contributed by atoms with Crippen LogP contribution in [0.3, 0.4) is 0 Å². The Morgan fingerprint density at radius 3 is 2.62 bits per heavy atom. The molecule has 3 rings (SSSR count). The van der Waals surface area contributed by atoms with Gasteiger partial charge in [-0.05, 0) is 17.3 Å². The van der Waals surface area contributed by atoms with Crippen LogP contribution in [0.15, 0.2) is 53.0 Å². The van der Waals surface area contributed by atoms with Gasteiger partial charge in [-0.2, -0.15) is 0 Å². The second kappa shape index (κ2) is 5.41. The highest BCUT2D eigenvalue weighted by Crippen LogP contribution is 2.26. The smallest absolute Gasteiger partial charge is 0.258 e. The second-order valence-corrected chi connectivity index (χ2v) is 5.07. The van der Waals surface area contributed by atoms with Crippen LogP contribution in [0.4, 0.5) is 5.69 Å². The number of nitro benzene ring substituents is 1. The van der Waals surface area contributed by atoms with Crippen molar-refractivity contribution in [1.29, 1.82) is 0 Å². The molecule has 0 unspecified atom stereocenters. The van der Waals surface area contributed by atoms with Gasteiger partial charge in [-0.25, -0.2) is 0 Å². The number of rotatable bonds is 3. The molecular formula is C13H8BrN5O2. The Balaban J connectivity index is 2.07. The Morgan fingerprint density at radius 2 is 1.90 bits per heavy atom. The van der Waals surface area contributed by atoms with Crippen molar-refractivity contribution < 1.29 is 4.92 Å². The second-order valence-electron chi connectivity index (χ2n) is 4.16. The molecule has 21 heavy (non-hydrogen) atoms. The first-order valence-electron chi connectivity index (χ1n) is 5.95. The van der Waals surface area contributed by atoms with Crippen molar-refractivity contribution in [1.82, 2.24) is 20.2 Å². The molecule has 0 aliphatic carbocycles. The summed E-state index contributed by atoms with van der Waals surface area (Å²) >= 11 is 3.21. The van der Waals surface area contributed by atoms with Crippen LogP contribution in [0.2, 0.25) is 0 Å². The Hall–Kier alpha value is -2.61. The van der Waals surface area contributed by atoms with Crippen LogP contribution in [0.1, 0.15) is 0 Å². The predicted molar refractivity (Wildman–Crippen MR) is 78.9 cm³/mol. The lowest BCUT2D eigenvalue weighted by molar-refractivity contribution is -0.384. The van der Waals surface area contributed by atoms with Gasteiger partial charge in [0.15, 0.2) is 5.69 Å². The van der Waals surface area contributed by atoms with E-state index in [4.69, 9.17) is 0 Å². The third-order valence-corrected chi connectivity index (χ3v) is 3.29. The number of hydrogen-bond donors (Lipinski definition) is 0. The summed E-state index contributed by atoms with van der Waals surface area (Å²) < 4.78 is 0.612. The average Bonchev–Trinajstić information content (AvgIpc) is 2.97. The van der Waals surface area contributed by atoms with Gasteiger partial charge >= 0.3 is 0 Å². The van der Waals surface area contributed by atoms with E-state index < -0.39 is 4.92 Å². The van der Waals surface area contributed by atoms with Gasteiger partial charge < -0.3 is 0 Å². The highest BCUT2D eigenvalue weighted by Gasteiger charge is 2.18. The summed E-state index contributed by atoms with van der Waals surface area (Å²) in [5, 5.41) is 23.1. The fourth-order valence-electron chi connectivity index (χ4n) is 1.83. The third kappa shape index (κ3) is 2.65. The van der Waals surface area contributed by atoms with Crippen LogP contribution in [0.5, 0.6) is 0 Å². The first-order valence-corrected chi connectivity index (χ1v) is 6.74. The zero-order valence-electron chi connectivity index (χ0n) is 10.5. The van der Waals surface area contributed by atoms with Crippen LogP contribution in [0.25, 0.3) is 17.1 Å². The minimum absolute atomic E-state index is 0.0959. The quantitative estimate of drug-likeness (QED) is 0.537. The SMILES string of the molecule is O=[N+]([O-])c1cc(Br)ccc1-n1nnc(-c2ccccc2)n1. The summed E-state index contributed by atoms with van der Waals surface area (Å²) in [4.78, 5) is 11.8. The number of benzene rings is 2. The molecule has 0 fully saturated rings. The fraction of sp³-hybridized carbons (Fsp3) is 0. The molecule has 0 N–H and O–H groups in total. The number of hydrogen-bond acceptors (Lipinski definition) is 5. The molecule has 0 amide bonds. The van der Waals surface area contributed by atoms with E-state index in [1.165, 1.54) is 6.07 Å². The van der Waals surface area contributed by atoms with Gasteiger partial charge in [-0.3, -0.25) is 10.1 Å². The van der Waals surface area contributed by atoms with Gasteiger partial charge in [-0.15, -0.1) is 15.0 Å². The lowest BCUT2D eigenvalue weighted by Gasteiger charge is -2.00. The van der Waals surface area contributed by atoms with Crippen molar-refractivity contribution in [2.75, 3.05) is 0 Å². The highest BCUT2D eigenvalue weighted by molar-refractivity contribution is 9.10. The van der Waals surface area contributed by atoms with E-state index in [2.05, 4.69) is 31.3 Å². The average molecular weight is 346 g/mol. The molecule has 0 radical (unpaired) electrons. The summed E-state index contributed by atoms with van der Waals surface area (Å²) in [6.45, 7) is 0. The van der Waals surface area contributed by atoms with E-state index in [1.807, 2.05) is 30.3 Å². The Kier molecular flexibility index (Phi) is 3.44. The maximum Gasteiger partial charge on any atom is 0.297 e. The number of halogens is 1. The lowest BCUT2D eigenvalue weighted by Crippen LogP contribution is -2.03. The van der Waals surface area contributed by atoms with Crippen LogP contribution in [0, 0.1) is 10.1 Å². The lowest BCUT2D eigenvalue weighted by atomic mass is 10.2. The summed E-state index contributed by atoms with van der Waals surface area (Å²) in [6, 6.07) is 14.0. The number of nitrogens with zero attached hydrogens (tertiary/aromatic N) is 5. The molecule has 0 spiro atoms. The normalized spacial score (nSPS) is 10.5. The van der Waals surface area contributed by atoms with E-state index >= 15 is 0 Å². The van der Waals surface area contributed by atoms with Gasteiger partial charge in [0.2, 0.25) is 5.82 Å². The molecule has 104 valence electrons. The molecule has 3 aromatic rings. The number of aromatic nitrogens is 4. The first kappa shape index (κ1) is 13.4. The molecule has 0 aliphatic heterocycles. The monoisotopic (exact) mass is 345 g/mol. The molecule has 0 atom stereocenters. The fourth-order valence-corrected chi connectivity index (χ4v) is 2.18. The minimum Gasteiger partial charge on any atom is -0.258 e. The zero-order valence-corrected chi connectivity index (χ0v) is 12.1. The summed E-state index contributed by atoms with van der Waals surface area (Å²) in [5.41, 5.74) is 0.961. The van der Waals surface area contributed by atoms with E-state index in [9.17, 15) is 10.1 Å². The molecule has 0 saturated heterocycles. The van der Waals surface area contributed by atoms with Gasteiger partial charge in [0.1, 0.15) is 0 Å². The standard InChI is InChI=1S/C13H8BrN5O2/c14-10-6-7-11(12(8-10)19(20)21)18-16-13(15-17-18)9-4-2-1-3-5-9/h1-8H. The van der Waals surface area contributed by atoms with Gasteiger partial charge in [0.25, 0.3) is 5.69 Å². The van der Waals surface area contributed by atoms with Crippen molar-refractivity contribution in [3.63, 3.8) is 0 Å². The number of nitro groups is 1. The van der Waals surface area contributed by atoms with Gasteiger partial charge in [-0.1, -0.05) is 46.3 Å². The predicted octanol–water partition coefficient (Wildman–Crippen LogP) is 3.00. The molecule has 1 heterocycles. The summed E-state index contributed by atoms with van der Waals surface area (Å²) in [7, 11) is 0. The van der Waals surface area contributed by atoms with Crippen molar-refractivity contribution in [3.8, 4) is 17.1 Å². The molecule has 8 heteroatoms. The molecule has 2 aromatic carbocycles. The maximum atomic E-state index is 11.1. The van der Waals surface area contributed by atoms with Crippen LogP contribution < -0.4 is 0 Å². The van der Waals surface area contributed by atoms with E-state index in [-0.39, 0.29) is 11.4 Å². The molecular weight excluding hydrogens is 338 g/mol. The molecule has 0 aliphatic rings. The van der Waals surface area contributed by atoms with Gasteiger partial charge in [0, 0.05) is 16.1 Å². The number of tetrazole rings is 1. The van der Waals surface area contributed by atoms with Crippen molar-refractivity contribution in [3.05, 3.63) is 63.1 Å². The van der Waals surface area contributed by atoms with Gasteiger partial charge in [0.05, 0.1) is 4.92 Å². The zero-order chi connectivity index (χ0) is 14.8. The van der Waals surface area contributed by atoms with Crippen molar-refractivity contribution in [2.45, 2.75) is 0 Å². The topological polar surface area (TPSA) is 86.7 Å². The maximum absolute atomic E-state index is 11.1. The highest BCUT2D eigenvalue weighted by atomic mass is 79.9. The molecule has 7 nitrogen and oxygen atoms in total. The summed E-state index contributed by atoms with van der Waals surface area (Å²) in [5.74, 6) is 0.410. The van der Waals surface area contributed by atoms with Crippen molar-refractivity contribution >= 4 is 21.6 Å². The van der Waals surface area contributed by atoms with Crippen LogP contribution in [-0.4, -0.2) is 25.1 Å². The summed E-state index contributed by atoms with van der Waals surface area (Å²) in [6.07, 6.45) is 0. The van der Waals surface area contributed by atoms with E-state index in [0.717, 1.165) is 10.4 Å². The first-order chi connectivity index (χ1) is 10.1. The van der Waals surface area contributed by atoms with E-state index in [0.29, 0.717) is 10.3 Å². The Labute approximate surface area is 127 Å². The largest absolute Gasteiger partial charge is 0.297 e. The van der Waals surface area contributed by atoms with Crippen molar-refractivity contribution in [2.24, 2.45) is 0 Å². The van der Waals surface area contributed by atoms with Crippen LogP contribution >= 0.6 is 15.9 Å². The molecule has 0 bridgehead atoms. The van der Waals surface area contributed by atoms with E-state index in [1.54, 1.807) is 12.1 Å². The van der Waals surface area contributed by atoms with Crippen LogP contribution in [-0.2, 0) is 0 Å². The third-order valence-electron chi connectivity index (χ3n) is 2.80. The Bertz CT molecular complexity index is 803. The minimum atomic E-state index is -0.481. The molecule has 0 saturated carbocycles. The Morgan fingerprint density at radius 1 is 1.14 bits per heavy atom. The molecule has 1 aromatic heterocycles.